The van der Waals surface area contributed by atoms with E-state index in [0.29, 0.717) is 24.3 Å². The molecule has 0 aromatic heterocycles. The molecule has 0 unspecified atom stereocenters. The van der Waals surface area contributed by atoms with Crippen molar-refractivity contribution >= 4 is 17.2 Å². The third-order valence-electron chi connectivity index (χ3n) is 4.86. The third kappa shape index (κ3) is 4.43. The summed E-state index contributed by atoms with van der Waals surface area (Å²) in [5, 5.41) is 11.4. The van der Waals surface area contributed by atoms with Crippen LogP contribution in [0.4, 0.5) is 11.4 Å². The number of ketones is 1. The molecule has 27 heavy (non-hydrogen) atoms. The summed E-state index contributed by atoms with van der Waals surface area (Å²) in [5.74, 6) is 0.666. The number of carbonyl (C=O) groups is 1. The molecule has 1 saturated heterocycles. The lowest BCUT2D eigenvalue weighted by Crippen LogP contribution is -2.46. The number of anilines is 1. The second kappa shape index (κ2) is 8.18. The fourth-order valence-corrected chi connectivity index (χ4v) is 3.29. The van der Waals surface area contributed by atoms with Gasteiger partial charge in [0.2, 0.25) is 0 Å². The van der Waals surface area contributed by atoms with Gasteiger partial charge in [-0.05, 0) is 36.8 Å². The predicted octanol–water partition coefficient (Wildman–Crippen LogP) is 3.13. The number of nitro benzene ring substituents is 1. The lowest BCUT2D eigenvalue weighted by atomic mass is 10.1. The van der Waals surface area contributed by atoms with E-state index in [-0.39, 0.29) is 11.5 Å². The van der Waals surface area contributed by atoms with Crippen molar-refractivity contribution < 1.29 is 14.5 Å². The molecule has 0 saturated carbocycles. The maximum absolute atomic E-state index is 11.5. The minimum atomic E-state index is -0.411. The summed E-state index contributed by atoms with van der Waals surface area (Å²) in [7, 11) is 1.65. The number of hydrogen-bond acceptors (Lipinski definition) is 6. The molecule has 0 aliphatic carbocycles. The van der Waals surface area contributed by atoms with Gasteiger partial charge in [-0.1, -0.05) is 12.1 Å². The van der Waals surface area contributed by atoms with E-state index in [9.17, 15) is 14.9 Å². The van der Waals surface area contributed by atoms with Crippen molar-refractivity contribution in [3.63, 3.8) is 0 Å². The zero-order chi connectivity index (χ0) is 19.4. The SMILES string of the molecule is COc1ccc(CN2CCN(c3ccc(C(C)=O)cc3[N+](=O)[O-])CC2)cc1. The van der Waals surface area contributed by atoms with E-state index in [1.165, 1.54) is 18.6 Å². The minimum absolute atomic E-state index is 0.00805. The maximum Gasteiger partial charge on any atom is 0.293 e. The van der Waals surface area contributed by atoms with Crippen molar-refractivity contribution in [2.75, 3.05) is 38.2 Å². The van der Waals surface area contributed by atoms with E-state index in [0.717, 1.165) is 25.4 Å². The highest BCUT2D eigenvalue weighted by atomic mass is 16.6. The van der Waals surface area contributed by atoms with Crippen LogP contribution >= 0.6 is 0 Å². The Bertz CT molecular complexity index is 828. The molecule has 0 N–H and O–H groups in total. The van der Waals surface area contributed by atoms with Crippen molar-refractivity contribution in [2.24, 2.45) is 0 Å². The van der Waals surface area contributed by atoms with Gasteiger partial charge in [-0.3, -0.25) is 19.8 Å². The fraction of sp³-hybridized carbons (Fsp3) is 0.350. The van der Waals surface area contributed by atoms with E-state index in [1.807, 2.05) is 17.0 Å². The molecule has 1 fully saturated rings. The van der Waals surface area contributed by atoms with Gasteiger partial charge in [-0.2, -0.15) is 0 Å². The average molecular weight is 369 g/mol. The smallest absolute Gasteiger partial charge is 0.293 e. The molecule has 0 atom stereocenters. The zero-order valence-electron chi connectivity index (χ0n) is 15.6. The number of carbonyl (C=O) groups excluding carboxylic acids is 1. The van der Waals surface area contributed by atoms with Crippen molar-refractivity contribution in [1.82, 2.24) is 4.90 Å². The molecule has 0 spiro atoms. The van der Waals surface area contributed by atoms with Crippen LogP contribution in [-0.2, 0) is 6.54 Å². The first kappa shape index (κ1) is 18.8. The summed E-state index contributed by atoms with van der Waals surface area (Å²) in [5.41, 5.74) is 2.14. The van der Waals surface area contributed by atoms with Crippen LogP contribution in [0.15, 0.2) is 42.5 Å². The highest BCUT2D eigenvalue weighted by molar-refractivity contribution is 5.95. The molecule has 7 nitrogen and oxygen atoms in total. The fourth-order valence-electron chi connectivity index (χ4n) is 3.29. The van der Waals surface area contributed by atoms with Gasteiger partial charge < -0.3 is 9.64 Å². The summed E-state index contributed by atoms with van der Waals surface area (Å²) < 4.78 is 5.18. The van der Waals surface area contributed by atoms with Gasteiger partial charge >= 0.3 is 0 Å². The highest BCUT2D eigenvalue weighted by Gasteiger charge is 2.24. The minimum Gasteiger partial charge on any atom is -0.497 e. The number of piperazine rings is 1. The molecule has 1 aliphatic heterocycles. The van der Waals surface area contributed by atoms with E-state index < -0.39 is 4.92 Å². The monoisotopic (exact) mass is 369 g/mol. The number of hydrogen-bond donors (Lipinski definition) is 0. The van der Waals surface area contributed by atoms with Crippen LogP contribution in [0.25, 0.3) is 0 Å². The lowest BCUT2D eigenvalue weighted by molar-refractivity contribution is -0.384. The first-order chi connectivity index (χ1) is 13.0. The van der Waals surface area contributed by atoms with Crippen LogP contribution in [0.1, 0.15) is 22.8 Å². The number of benzene rings is 2. The first-order valence-electron chi connectivity index (χ1n) is 8.87. The Morgan fingerprint density at radius 2 is 1.78 bits per heavy atom. The molecule has 0 bridgehead atoms. The number of Topliss-reactive ketones (excluding diaryl/α,β-unsaturated/α-hetero) is 1. The summed E-state index contributed by atoms with van der Waals surface area (Å²) in [6.07, 6.45) is 0. The Hall–Kier alpha value is -2.93. The van der Waals surface area contributed by atoms with E-state index in [2.05, 4.69) is 17.0 Å². The molecule has 1 heterocycles. The largest absolute Gasteiger partial charge is 0.497 e. The van der Waals surface area contributed by atoms with Gasteiger partial charge in [-0.25, -0.2) is 0 Å². The molecular weight excluding hydrogens is 346 g/mol. The van der Waals surface area contributed by atoms with E-state index in [4.69, 9.17) is 4.74 Å². The summed E-state index contributed by atoms with van der Waals surface area (Å²) in [6, 6.07) is 12.7. The summed E-state index contributed by atoms with van der Waals surface area (Å²) in [4.78, 5) is 26.9. The van der Waals surface area contributed by atoms with Crippen LogP contribution in [0.5, 0.6) is 5.75 Å². The van der Waals surface area contributed by atoms with Crippen LogP contribution in [0.2, 0.25) is 0 Å². The molecule has 2 aromatic rings. The second-order valence-electron chi connectivity index (χ2n) is 6.63. The van der Waals surface area contributed by atoms with Crippen molar-refractivity contribution in [2.45, 2.75) is 13.5 Å². The second-order valence-corrected chi connectivity index (χ2v) is 6.63. The Balaban J connectivity index is 1.66. The topological polar surface area (TPSA) is 75.9 Å². The normalized spacial score (nSPS) is 14.8. The first-order valence-corrected chi connectivity index (χ1v) is 8.87. The van der Waals surface area contributed by atoms with Gasteiger partial charge in [0.25, 0.3) is 5.69 Å². The number of nitro groups is 1. The Kier molecular flexibility index (Phi) is 5.71. The number of nitrogens with zero attached hydrogens (tertiary/aromatic N) is 3. The van der Waals surface area contributed by atoms with Crippen LogP contribution in [0, 0.1) is 10.1 Å². The molecule has 0 radical (unpaired) electrons. The van der Waals surface area contributed by atoms with Crippen molar-refractivity contribution in [3.05, 3.63) is 63.7 Å². The number of ether oxygens (including phenoxy) is 1. The Morgan fingerprint density at radius 3 is 2.33 bits per heavy atom. The summed E-state index contributed by atoms with van der Waals surface area (Å²) >= 11 is 0. The number of rotatable bonds is 6. The van der Waals surface area contributed by atoms with Crippen molar-refractivity contribution in [1.29, 1.82) is 0 Å². The average Bonchev–Trinajstić information content (AvgIpc) is 2.68. The van der Waals surface area contributed by atoms with Gasteiger partial charge in [0.15, 0.2) is 5.78 Å². The Morgan fingerprint density at radius 1 is 1.11 bits per heavy atom. The highest BCUT2D eigenvalue weighted by Crippen LogP contribution is 2.30. The van der Waals surface area contributed by atoms with Gasteiger partial charge in [-0.15, -0.1) is 0 Å². The quantitative estimate of drug-likeness (QED) is 0.442. The van der Waals surface area contributed by atoms with Gasteiger partial charge in [0.1, 0.15) is 11.4 Å². The molecule has 7 heteroatoms. The standard InChI is InChI=1S/C20H23N3O4/c1-15(24)17-5-8-19(20(13-17)23(25)26)22-11-9-21(10-12-22)14-16-3-6-18(27-2)7-4-16/h3-8,13H,9-12,14H2,1-2H3. The molecule has 3 rings (SSSR count). The number of methoxy groups -OCH3 is 1. The summed E-state index contributed by atoms with van der Waals surface area (Å²) in [6.45, 7) is 5.29. The van der Waals surface area contributed by atoms with Gasteiger partial charge in [0.05, 0.1) is 12.0 Å². The predicted molar refractivity (Wildman–Crippen MR) is 104 cm³/mol. The maximum atomic E-state index is 11.5. The zero-order valence-corrected chi connectivity index (χ0v) is 15.6. The van der Waals surface area contributed by atoms with Gasteiger partial charge in [0, 0.05) is 44.4 Å². The molecular formula is C20H23N3O4. The lowest BCUT2D eigenvalue weighted by Gasteiger charge is -2.35. The van der Waals surface area contributed by atoms with Crippen molar-refractivity contribution in [3.8, 4) is 5.75 Å². The molecule has 2 aromatic carbocycles. The van der Waals surface area contributed by atoms with E-state index >= 15 is 0 Å². The Labute approximate surface area is 158 Å². The van der Waals surface area contributed by atoms with Crippen LogP contribution in [0.3, 0.4) is 0 Å². The van der Waals surface area contributed by atoms with E-state index in [1.54, 1.807) is 19.2 Å². The third-order valence-corrected chi connectivity index (χ3v) is 4.86. The van der Waals surface area contributed by atoms with Crippen LogP contribution < -0.4 is 9.64 Å². The molecule has 1 aliphatic rings. The van der Waals surface area contributed by atoms with Crippen LogP contribution in [-0.4, -0.2) is 48.9 Å². The molecule has 142 valence electrons. The molecule has 0 amide bonds.